The highest BCUT2D eigenvalue weighted by atomic mass is 35.5. The Hall–Kier alpha value is -2.18. The molecule has 3 aromatic rings. The van der Waals surface area contributed by atoms with E-state index in [1.165, 1.54) is 11.8 Å². The standard InChI is InChI=1S/C17H13ClN2O3S/c18-12-5-3-4-11(8-12)10-24-17-20-19-16(23-17)15-9-21-13-6-1-2-7-14(13)22-15/h1-8,15H,9-10H2. The van der Waals surface area contributed by atoms with Crippen LogP contribution in [0.1, 0.15) is 17.6 Å². The summed E-state index contributed by atoms with van der Waals surface area (Å²) >= 11 is 7.44. The molecule has 0 amide bonds. The van der Waals surface area contributed by atoms with Crippen LogP contribution in [0.2, 0.25) is 5.02 Å². The number of nitrogens with zero attached hydrogens (tertiary/aromatic N) is 2. The van der Waals surface area contributed by atoms with Gasteiger partial charge in [-0.1, -0.05) is 47.6 Å². The van der Waals surface area contributed by atoms with E-state index in [4.69, 9.17) is 25.5 Å². The number of hydrogen-bond acceptors (Lipinski definition) is 6. The van der Waals surface area contributed by atoms with Crippen LogP contribution in [0.4, 0.5) is 0 Å². The summed E-state index contributed by atoms with van der Waals surface area (Å²) < 4.78 is 17.2. The van der Waals surface area contributed by atoms with Crippen LogP contribution in [0, 0.1) is 0 Å². The molecule has 1 atom stereocenters. The minimum Gasteiger partial charge on any atom is -0.485 e. The molecule has 2 aromatic carbocycles. The fourth-order valence-corrected chi connectivity index (χ4v) is 3.25. The molecule has 0 saturated heterocycles. The predicted octanol–water partition coefficient (Wildman–Crippen LogP) is 4.53. The van der Waals surface area contributed by atoms with Crippen LogP contribution in [-0.2, 0) is 5.75 Å². The highest BCUT2D eigenvalue weighted by molar-refractivity contribution is 7.98. The Kier molecular flexibility index (Phi) is 4.32. The van der Waals surface area contributed by atoms with Crippen molar-refractivity contribution in [3.63, 3.8) is 0 Å². The minimum absolute atomic E-state index is 0.345. The van der Waals surface area contributed by atoms with Crippen LogP contribution in [-0.4, -0.2) is 16.8 Å². The smallest absolute Gasteiger partial charge is 0.277 e. The van der Waals surface area contributed by atoms with Crippen LogP contribution in [0.3, 0.4) is 0 Å². The van der Waals surface area contributed by atoms with Crippen molar-refractivity contribution in [3.8, 4) is 11.5 Å². The number of aromatic nitrogens is 2. The second kappa shape index (κ2) is 6.75. The summed E-state index contributed by atoms with van der Waals surface area (Å²) in [6.07, 6.45) is -0.395. The third kappa shape index (κ3) is 3.34. The van der Waals surface area contributed by atoms with Gasteiger partial charge in [0, 0.05) is 10.8 Å². The van der Waals surface area contributed by atoms with Crippen LogP contribution in [0.25, 0.3) is 0 Å². The molecule has 7 heteroatoms. The number of benzene rings is 2. The first-order valence-corrected chi connectivity index (χ1v) is 8.73. The molecule has 4 rings (SSSR count). The van der Waals surface area contributed by atoms with Crippen molar-refractivity contribution in [2.75, 3.05) is 6.61 Å². The number of halogens is 1. The molecule has 122 valence electrons. The number of fused-ring (bicyclic) bond motifs is 1. The summed E-state index contributed by atoms with van der Waals surface area (Å²) in [5.41, 5.74) is 1.10. The lowest BCUT2D eigenvalue weighted by atomic mass is 10.2. The number of thioether (sulfide) groups is 1. The fraction of sp³-hybridized carbons (Fsp3) is 0.176. The van der Waals surface area contributed by atoms with Gasteiger partial charge in [-0.05, 0) is 29.8 Å². The highest BCUT2D eigenvalue weighted by Crippen LogP contribution is 2.36. The maximum absolute atomic E-state index is 5.98. The quantitative estimate of drug-likeness (QED) is 0.637. The van der Waals surface area contributed by atoms with Gasteiger partial charge in [-0.25, -0.2) is 0 Å². The van der Waals surface area contributed by atoms with Crippen molar-refractivity contribution in [1.82, 2.24) is 10.2 Å². The van der Waals surface area contributed by atoms with Crippen LogP contribution in [0.5, 0.6) is 11.5 Å². The molecule has 1 aliphatic rings. The summed E-state index contributed by atoms with van der Waals surface area (Å²) in [5, 5.41) is 9.34. The lowest BCUT2D eigenvalue weighted by Crippen LogP contribution is -2.21. The van der Waals surface area contributed by atoms with Gasteiger partial charge in [0.05, 0.1) is 0 Å². The summed E-state index contributed by atoms with van der Waals surface area (Å²) in [6, 6.07) is 15.2. The van der Waals surface area contributed by atoms with Gasteiger partial charge < -0.3 is 13.9 Å². The zero-order valence-electron chi connectivity index (χ0n) is 12.5. The number of hydrogen-bond donors (Lipinski definition) is 0. The van der Waals surface area contributed by atoms with E-state index in [2.05, 4.69) is 10.2 Å². The summed E-state index contributed by atoms with van der Waals surface area (Å²) in [7, 11) is 0. The molecular formula is C17H13ClN2O3S. The van der Waals surface area contributed by atoms with Gasteiger partial charge >= 0.3 is 0 Å². The monoisotopic (exact) mass is 360 g/mol. The topological polar surface area (TPSA) is 57.4 Å². The Labute approximate surface area is 147 Å². The molecule has 1 unspecified atom stereocenters. The van der Waals surface area contributed by atoms with E-state index >= 15 is 0 Å². The fourth-order valence-electron chi connectivity index (χ4n) is 2.32. The lowest BCUT2D eigenvalue weighted by Gasteiger charge is -2.23. The SMILES string of the molecule is Clc1cccc(CSc2nnc(C3COc4ccccc4O3)o2)c1. The minimum atomic E-state index is -0.395. The summed E-state index contributed by atoms with van der Waals surface area (Å²) in [5.74, 6) is 2.52. The van der Waals surface area contributed by atoms with Gasteiger partial charge in [0.15, 0.2) is 11.5 Å². The van der Waals surface area contributed by atoms with Gasteiger partial charge in [0.2, 0.25) is 6.10 Å². The largest absolute Gasteiger partial charge is 0.485 e. The molecule has 5 nitrogen and oxygen atoms in total. The zero-order valence-corrected chi connectivity index (χ0v) is 14.1. The van der Waals surface area contributed by atoms with Gasteiger partial charge in [0.1, 0.15) is 6.61 Å². The van der Waals surface area contributed by atoms with Crippen LogP contribution in [0.15, 0.2) is 58.2 Å². The molecule has 0 aliphatic carbocycles. The maximum atomic E-state index is 5.98. The lowest BCUT2D eigenvalue weighted by molar-refractivity contribution is 0.0686. The van der Waals surface area contributed by atoms with Crippen LogP contribution >= 0.6 is 23.4 Å². The first kappa shape index (κ1) is 15.4. The molecule has 0 spiro atoms. The molecule has 1 aromatic heterocycles. The van der Waals surface area contributed by atoms with E-state index in [9.17, 15) is 0 Å². The Bertz CT molecular complexity index is 855. The second-order valence-electron chi connectivity index (χ2n) is 5.19. The first-order chi connectivity index (χ1) is 11.8. The van der Waals surface area contributed by atoms with Crippen molar-refractivity contribution in [2.24, 2.45) is 0 Å². The Balaban J connectivity index is 1.42. The van der Waals surface area contributed by atoms with Crippen molar-refractivity contribution in [3.05, 3.63) is 65.0 Å². The second-order valence-corrected chi connectivity index (χ2v) is 6.55. The third-order valence-corrected chi connectivity index (χ3v) is 4.58. The molecule has 0 radical (unpaired) electrons. The molecular weight excluding hydrogens is 348 g/mol. The molecule has 2 heterocycles. The molecule has 1 aliphatic heterocycles. The molecule has 0 fully saturated rings. The predicted molar refractivity (Wildman–Crippen MR) is 90.6 cm³/mol. The normalized spacial score (nSPS) is 16.1. The van der Waals surface area contributed by atoms with Crippen LogP contribution < -0.4 is 9.47 Å². The average molecular weight is 361 g/mol. The summed E-state index contributed by atoms with van der Waals surface area (Å²) in [4.78, 5) is 0. The van der Waals surface area contributed by atoms with E-state index < -0.39 is 6.10 Å². The van der Waals surface area contributed by atoms with E-state index in [-0.39, 0.29) is 0 Å². The Morgan fingerprint density at radius 3 is 2.83 bits per heavy atom. The van der Waals surface area contributed by atoms with Gasteiger partial charge in [-0.3, -0.25) is 0 Å². The van der Waals surface area contributed by atoms with Crippen molar-refractivity contribution in [1.29, 1.82) is 0 Å². The number of ether oxygens (including phenoxy) is 2. The number of rotatable bonds is 4. The average Bonchev–Trinajstić information content (AvgIpc) is 3.09. The molecule has 0 bridgehead atoms. The molecule has 0 N–H and O–H groups in total. The Morgan fingerprint density at radius 1 is 1.08 bits per heavy atom. The van der Waals surface area contributed by atoms with Crippen molar-refractivity contribution >= 4 is 23.4 Å². The third-order valence-electron chi connectivity index (χ3n) is 3.46. The summed E-state index contributed by atoms with van der Waals surface area (Å²) in [6.45, 7) is 0.345. The first-order valence-electron chi connectivity index (χ1n) is 7.37. The van der Waals surface area contributed by atoms with Gasteiger partial charge in [-0.2, -0.15) is 0 Å². The van der Waals surface area contributed by atoms with E-state index in [1.54, 1.807) is 0 Å². The zero-order chi connectivity index (χ0) is 16.4. The van der Waals surface area contributed by atoms with Gasteiger partial charge in [-0.15, -0.1) is 10.2 Å². The maximum Gasteiger partial charge on any atom is 0.277 e. The number of para-hydroxylation sites is 2. The highest BCUT2D eigenvalue weighted by Gasteiger charge is 2.27. The molecule has 24 heavy (non-hydrogen) atoms. The van der Waals surface area contributed by atoms with E-state index in [0.717, 1.165) is 11.3 Å². The molecule has 0 saturated carbocycles. The Morgan fingerprint density at radius 2 is 1.96 bits per heavy atom. The van der Waals surface area contributed by atoms with Crippen molar-refractivity contribution in [2.45, 2.75) is 17.1 Å². The van der Waals surface area contributed by atoms with E-state index in [1.807, 2.05) is 48.5 Å². The van der Waals surface area contributed by atoms with Crippen molar-refractivity contribution < 1.29 is 13.9 Å². The van der Waals surface area contributed by atoms with Gasteiger partial charge in [0.25, 0.3) is 11.1 Å². The van der Waals surface area contributed by atoms with E-state index in [0.29, 0.717) is 34.2 Å².